The second-order valence-electron chi connectivity index (χ2n) is 7.60. The Morgan fingerprint density at radius 3 is 2.69 bits per heavy atom. The third-order valence-corrected chi connectivity index (χ3v) is 5.68. The number of piperazine rings is 1. The van der Waals surface area contributed by atoms with E-state index in [1.165, 1.54) is 4.90 Å². The maximum atomic E-state index is 13.0. The summed E-state index contributed by atoms with van der Waals surface area (Å²) in [6.45, 7) is 3.56. The molecule has 8 nitrogen and oxygen atoms in total. The number of fused-ring (bicyclic) bond motifs is 5. The van der Waals surface area contributed by atoms with Gasteiger partial charge in [0.05, 0.1) is 6.04 Å². The van der Waals surface area contributed by atoms with Crippen LogP contribution in [-0.4, -0.2) is 51.9 Å². The van der Waals surface area contributed by atoms with Crippen LogP contribution in [0.15, 0.2) is 24.3 Å². The highest BCUT2D eigenvalue weighted by atomic mass is 16.3. The Bertz CT molecular complexity index is 810. The van der Waals surface area contributed by atoms with Gasteiger partial charge in [0.1, 0.15) is 17.8 Å². The molecular formula is C18H22N4O4. The minimum atomic E-state index is -1.37. The zero-order valence-electron chi connectivity index (χ0n) is 14.6. The monoisotopic (exact) mass is 358 g/mol. The fourth-order valence-corrected chi connectivity index (χ4v) is 4.16. The lowest BCUT2D eigenvalue weighted by molar-refractivity contribution is -0.152. The van der Waals surface area contributed by atoms with Crippen LogP contribution in [0.5, 0.6) is 0 Å². The molecule has 1 aromatic carbocycles. The maximum Gasteiger partial charge on any atom is 0.255 e. The second-order valence-corrected chi connectivity index (χ2v) is 7.60. The van der Waals surface area contributed by atoms with Crippen molar-refractivity contribution in [3.63, 3.8) is 0 Å². The van der Waals surface area contributed by atoms with E-state index in [1.807, 2.05) is 12.1 Å². The number of amides is 2. The summed E-state index contributed by atoms with van der Waals surface area (Å²) in [4.78, 5) is 39.5. The number of hydrogen-bond acceptors (Lipinski definition) is 6. The van der Waals surface area contributed by atoms with E-state index in [4.69, 9.17) is 5.73 Å². The number of aliphatic hydroxyl groups is 1. The summed E-state index contributed by atoms with van der Waals surface area (Å²) in [6, 6.07) is 4.23. The number of nitrogens with zero attached hydrogens (tertiary/aromatic N) is 1. The van der Waals surface area contributed by atoms with Gasteiger partial charge in [-0.05, 0) is 12.0 Å². The Balaban J connectivity index is 1.69. The number of benzene rings is 1. The van der Waals surface area contributed by atoms with Crippen LogP contribution in [-0.2, 0) is 20.0 Å². The number of rotatable bonds is 3. The van der Waals surface area contributed by atoms with Gasteiger partial charge in [0.25, 0.3) is 5.91 Å². The SMILES string of the molecule is CC(C)[C@H](N)C(=O)[C@@H]1NC(=O)[C@@H]2C[C@@]3(O)c4ccccc4N[C@H]3N2C1=O. The van der Waals surface area contributed by atoms with Crippen LogP contribution in [0.1, 0.15) is 25.8 Å². The van der Waals surface area contributed by atoms with E-state index in [0.717, 1.165) is 5.69 Å². The Labute approximate surface area is 150 Å². The quantitative estimate of drug-likeness (QED) is 0.529. The van der Waals surface area contributed by atoms with Crippen molar-refractivity contribution >= 4 is 23.3 Å². The average molecular weight is 358 g/mol. The van der Waals surface area contributed by atoms with Crippen LogP contribution < -0.4 is 16.4 Å². The standard InChI is InChI=1S/C18H22N4O4/c1-8(2)12(19)14(23)13-16(25)22-11(15(24)21-13)7-18(26)9-5-3-4-6-10(9)20-17(18)22/h3-6,8,11-13,17,20,26H,7,19H2,1-2H3,(H,21,24)/t11-,12-,13-,17-,18+/m0/s1. The van der Waals surface area contributed by atoms with Crippen LogP contribution in [0, 0.1) is 5.92 Å². The molecule has 2 saturated heterocycles. The minimum Gasteiger partial charge on any atom is -0.381 e. The van der Waals surface area contributed by atoms with Gasteiger partial charge in [-0.3, -0.25) is 14.4 Å². The van der Waals surface area contributed by atoms with Crippen molar-refractivity contribution in [2.24, 2.45) is 11.7 Å². The fraction of sp³-hybridized carbons (Fsp3) is 0.500. The van der Waals surface area contributed by atoms with Crippen molar-refractivity contribution in [3.05, 3.63) is 29.8 Å². The molecule has 0 aromatic heterocycles. The maximum absolute atomic E-state index is 13.0. The number of ketones is 1. The van der Waals surface area contributed by atoms with Gasteiger partial charge in [-0.1, -0.05) is 32.0 Å². The predicted molar refractivity (Wildman–Crippen MR) is 92.8 cm³/mol. The molecule has 0 aliphatic carbocycles. The summed E-state index contributed by atoms with van der Waals surface area (Å²) in [5.74, 6) is -1.64. The predicted octanol–water partition coefficient (Wildman–Crippen LogP) is -0.722. The first-order valence-electron chi connectivity index (χ1n) is 8.76. The van der Waals surface area contributed by atoms with E-state index in [-0.39, 0.29) is 12.3 Å². The third kappa shape index (κ3) is 2.12. The summed E-state index contributed by atoms with van der Waals surface area (Å²) < 4.78 is 0. The van der Waals surface area contributed by atoms with Crippen LogP contribution in [0.3, 0.4) is 0 Å². The highest BCUT2D eigenvalue weighted by molar-refractivity contribution is 6.13. The number of carbonyl (C=O) groups excluding carboxylic acids is 3. The molecule has 4 rings (SSSR count). The molecule has 0 unspecified atom stereocenters. The number of Topliss-reactive ketones (excluding diaryl/α,β-unsaturated/α-hetero) is 1. The second kappa shape index (κ2) is 5.52. The van der Waals surface area contributed by atoms with E-state index in [9.17, 15) is 19.5 Å². The number of para-hydroxylation sites is 1. The summed E-state index contributed by atoms with van der Waals surface area (Å²) in [6.07, 6.45) is -0.704. The third-order valence-electron chi connectivity index (χ3n) is 5.68. The highest BCUT2D eigenvalue weighted by Gasteiger charge is 2.63. The summed E-state index contributed by atoms with van der Waals surface area (Å²) in [5.41, 5.74) is 5.91. The summed E-state index contributed by atoms with van der Waals surface area (Å²) >= 11 is 0. The Morgan fingerprint density at radius 2 is 2.00 bits per heavy atom. The van der Waals surface area contributed by atoms with Gasteiger partial charge < -0.3 is 26.4 Å². The Morgan fingerprint density at radius 1 is 1.31 bits per heavy atom. The van der Waals surface area contributed by atoms with Crippen LogP contribution in [0.2, 0.25) is 0 Å². The molecule has 5 atom stereocenters. The number of hydrogen-bond donors (Lipinski definition) is 4. The summed E-state index contributed by atoms with van der Waals surface area (Å²) in [7, 11) is 0. The lowest BCUT2D eigenvalue weighted by Crippen LogP contribution is -2.68. The van der Waals surface area contributed by atoms with Crippen LogP contribution in [0.25, 0.3) is 0 Å². The average Bonchev–Trinajstić information content (AvgIpc) is 3.06. The first-order valence-corrected chi connectivity index (χ1v) is 8.76. The Kier molecular flexibility index (Phi) is 3.61. The zero-order chi connectivity index (χ0) is 18.8. The number of carbonyl (C=O) groups is 3. The lowest BCUT2D eigenvalue weighted by Gasteiger charge is -2.38. The number of nitrogens with one attached hydrogen (secondary N) is 2. The molecule has 3 aliphatic heterocycles. The van der Waals surface area contributed by atoms with Crippen molar-refractivity contribution in [1.82, 2.24) is 10.2 Å². The van der Waals surface area contributed by atoms with Gasteiger partial charge in [0, 0.05) is 17.7 Å². The van der Waals surface area contributed by atoms with E-state index < -0.39 is 47.5 Å². The van der Waals surface area contributed by atoms with Gasteiger partial charge in [-0.15, -0.1) is 0 Å². The van der Waals surface area contributed by atoms with Gasteiger partial charge in [0.2, 0.25) is 5.91 Å². The molecule has 3 aliphatic rings. The first kappa shape index (κ1) is 17.0. The van der Waals surface area contributed by atoms with Gasteiger partial charge in [-0.2, -0.15) is 0 Å². The first-order chi connectivity index (χ1) is 12.3. The van der Waals surface area contributed by atoms with Crippen LogP contribution >= 0.6 is 0 Å². The van der Waals surface area contributed by atoms with Gasteiger partial charge in [-0.25, -0.2) is 0 Å². The van der Waals surface area contributed by atoms with Crippen LogP contribution in [0.4, 0.5) is 5.69 Å². The molecule has 2 fully saturated rings. The molecule has 2 amide bonds. The number of anilines is 1. The largest absolute Gasteiger partial charge is 0.381 e. The molecule has 8 heteroatoms. The Hall–Kier alpha value is -2.45. The minimum absolute atomic E-state index is 0.0798. The molecule has 0 bridgehead atoms. The molecule has 26 heavy (non-hydrogen) atoms. The van der Waals surface area contributed by atoms with E-state index in [2.05, 4.69) is 10.6 Å². The molecule has 0 spiro atoms. The van der Waals surface area contributed by atoms with Gasteiger partial charge in [0.15, 0.2) is 11.8 Å². The fourth-order valence-electron chi connectivity index (χ4n) is 4.16. The van der Waals surface area contributed by atoms with E-state index in [1.54, 1.807) is 26.0 Å². The molecule has 1 aromatic rings. The molecule has 3 heterocycles. The van der Waals surface area contributed by atoms with Gasteiger partial charge >= 0.3 is 0 Å². The highest BCUT2D eigenvalue weighted by Crippen LogP contribution is 2.49. The number of nitrogens with two attached hydrogens (primary N) is 1. The smallest absolute Gasteiger partial charge is 0.255 e. The molecule has 5 N–H and O–H groups in total. The molecular weight excluding hydrogens is 336 g/mol. The molecule has 0 saturated carbocycles. The zero-order valence-corrected chi connectivity index (χ0v) is 14.6. The van der Waals surface area contributed by atoms with Crippen molar-refractivity contribution < 1.29 is 19.5 Å². The molecule has 138 valence electrons. The van der Waals surface area contributed by atoms with Crippen molar-refractivity contribution in [2.45, 2.75) is 50.2 Å². The van der Waals surface area contributed by atoms with E-state index >= 15 is 0 Å². The van der Waals surface area contributed by atoms with E-state index in [0.29, 0.717) is 5.56 Å². The van der Waals surface area contributed by atoms with Crippen molar-refractivity contribution in [2.75, 3.05) is 5.32 Å². The topological polar surface area (TPSA) is 125 Å². The van der Waals surface area contributed by atoms with Crippen molar-refractivity contribution in [3.8, 4) is 0 Å². The van der Waals surface area contributed by atoms with Crippen molar-refractivity contribution in [1.29, 1.82) is 0 Å². The summed E-state index contributed by atoms with van der Waals surface area (Å²) in [5, 5.41) is 16.9. The normalized spacial score (nSPS) is 33.3. The molecule has 0 radical (unpaired) electrons. The lowest BCUT2D eigenvalue weighted by atomic mass is 9.90.